The van der Waals surface area contributed by atoms with Gasteiger partial charge in [0.15, 0.2) is 9.84 Å². The maximum Gasteiger partial charge on any atom is 0.175 e. The smallest absolute Gasteiger partial charge is 0.175 e. The van der Waals surface area contributed by atoms with Crippen molar-refractivity contribution in [2.75, 3.05) is 6.26 Å². The van der Waals surface area contributed by atoms with Crippen LogP contribution >= 0.6 is 0 Å². The summed E-state index contributed by atoms with van der Waals surface area (Å²) in [5.74, 6) is 0. The lowest BCUT2D eigenvalue weighted by Gasteiger charge is -2.10. The molecule has 124 valence electrons. The second kappa shape index (κ2) is 5.75. The van der Waals surface area contributed by atoms with E-state index in [-0.39, 0.29) is 5.41 Å². The van der Waals surface area contributed by atoms with E-state index in [9.17, 15) is 8.42 Å². The van der Waals surface area contributed by atoms with Crippen LogP contribution in [0.3, 0.4) is 0 Å². The van der Waals surface area contributed by atoms with E-state index in [4.69, 9.17) is 0 Å². The van der Waals surface area contributed by atoms with Gasteiger partial charge in [-0.15, -0.1) is 0 Å². The van der Waals surface area contributed by atoms with Crippen molar-refractivity contribution in [1.82, 2.24) is 0 Å². The van der Waals surface area contributed by atoms with Crippen LogP contribution in [-0.2, 0) is 9.84 Å². The monoisotopic (exact) mass is 338 g/mol. The van der Waals surface area contributed by atoms with Crippen molar-refractivity contribution in [3.63, 3.8) is 0 Å². The Kier molecular flexibility index (Phi) is 4.00. The van der Waals surface area contributed by atoms with Gasteiger partial charge in [-0.1, -0.05) is 68.0 Å². The third-order valence-electron chi connectivity index (χ3n) is 4.28. The first-order valence-corrected chi connectivity index (χ1v) is 9.88. The molecule has 0 atom stereocenters. The van der Waals surface area contributed by atoms with Crippen molar-refractivity contribution in [3.8, 4) is 0 Å². The Morgan fingerprint density at radius 1 is 0.750 bits per heavy atom. The summed E-state index contributed by atoms with van der Waals surface area (Å²) in [6.45, 7) is 6.44. The average molecular weight is 338 g/mol. The first kappa shape index (κ1) is 16.7. The third kappa shape index (κ3) is 3.36. The van der Waals surface area contributed by atoms with Crippen molar-refractivity contribution < 1.29 is 8.42 Å². The average Bonchev–Trinajstić information content (AvgIpc) is 2.83. The SMILES string of the molecule is Cc1ccc(C2=CC(C)(C)C=C2c2ccc(S(C)(=O)=O)cc2)cc1. The minimum absolute atomic E-state index is 0.0228. The van der Waals surface area contributed by atoms with E-state index in [1.165, 1.54) is 23.0 Å². The van der Waals surface area contributed by atoms with Crippen LogP contribution in [0.25, 0.3) is 11.1 Å². The second-order valence-electron chi connectivity index (χ2n) is 7.10. The van der Waals surface area contributed by atoms with Crippen LogP contribution in [0.1, 0.15) is 30.5 Å². The van der Waals surface area contributed by atoms with Crippen LogP contribution in [0.5, 0.6) is 0 Å². The number of sulfone groups is 1. The molecule has 0 bridgehead atoms. The Labute approximate surface area is 144 Å². The van der Waals surface area contributed by atoms with Crippen LogP contribution in [0.15, 0.2) is 65.6 Å². The van der Waals surface area contributed by atoms with Crippen molar-refractivity contribution in [3.05, 3.63) is 77.4 Å². The first-order chi connectivity index (χ1) is 11.2. The zero-order chi connectivity index (χ0) is 17.5. The quantitative estimate of drug-likeness (QED) is 0.797. The summed E-state index contributed by atoms with van der Waals surface area (Å²) in [4.78, 5) is 0.352. The largest absolute Gasteiger partial charge is 0.224 e. The Bertz CT molecular complexity index is 926. The summed E-state index contributed by atoms with van der Waals surface area (Å²) in [7, 11) is -3.17. The molecule has 0 fully saturated rings. The summed E-state index contributed by atoms with van der Waals surface area (Å²) >= 11 is 0. The minimum atomic E-state index is -3.17. The lowest BCUT2D eigenvalue weighted by atomic mass is 9.94. The van der Waals surface area contributed by atoms with E-state index >= 15 is 0 Å². The summed E-state index contributed by atoms with van der Waals surface area (Å²) in [6, 6.07) is 15.7. The molecule has 0 heterocycles. The molecule has 3 rings (SSSR count). The molecule has 0 spiro atoms. The van der Waals surface area contributed by atoms with Crippen molar-refractivity contribution >= 4 is 21.0 Å². The van der Waals surface area contributed by atoms with E-state index in [2.05, 4.69) is 57.2 Å². The third-order valence-corrected chi connectivity index (χ3v) is 5.41. The number of aryl methyl sites for hydroxylation is 1. The highest BCUT2D eigenvalue weighted by atomic mass is 32.2. The predicted octanol–water partition coefficient (Wildman–Crippen LogP) is 4.91. The van der Waals surface area contributed by atoms with E-state index < -0.39 is 9.84 Å². The molecule has 0 saturated heterocycles. The Morgan fingerprint density at radius 2 is 1.17 bits per heavy atom. The van der Waals surface area contributed by atoms with Gasteiger partial charge in [-0.25, -0.2) is 8.42 Å². The highest BCUT2D eigenvalue weighted by Crippen LogP contribution is 2.43. The summed E-state index contributed by atoms with van der Waals surface area (Å²) in [6.07, 6.45) is 5.76. The summed E-state index contributed by atoms with van der Waals surface area (Å²) < 4.78 is 23.3. The summed E-state index contributed by atoms with van der Waals surface area (Å²) in [5, 5.41) is 0. The standard InChI is InChI=1S/C21H22O2S/c1-15-5-7-16(8-6-15)19-13-21(2,3)14-20(19)17-9-11-18(12-10-17)24(4,22)23/h5-14H,1-4H3. The number of allylic oxidation sites excluding steroid dienone is 4. The van der Waals surface area contributed by atoms with Crippen LogP contribution < -0.4 is 0 Å². The van der Waals surface area contributed by atoms with Crippen molar-refractivity contribution in [2.24, 2.45) is 5.41 Å². The minimum Gasteiger partial charge on any atom is -0.224 e. The molecule has 3 heteroatoms. The second-order valence-corrected chi connectivity index (χ2v) is 9.12. The lowest BCUT2D eigenvalue weighted by molar-refractivity contribution is 0.602. The predicted molar refractivity (Wildman–Crippen MR) is 100 cm³/mol. The first-order valence-electron chi connectivity index (χ1n) is 7.99. The van der Waals surface area contributed by atoms with Crippen LogP contribution in [0.4, 0.5) is 0 Å². The van der Waals surface area contributed by atoms with Gasteiger partial charge in [-0.2, -0.15) is 0 Å². The Balaban J connectivity index is 2.05. The molecule has 24 heavy (non-hydrogen) atoms. The molecule has 2 aromatic carbocycles. The molecule has 0 aliphatic heterocycles. The van der Waals surface area contributed by atoms with Crippen molar-refractivity contribution in [2.45, 2.75) is 25.7 Å². The number of hydrogen-bond donors (Lipinski definition) is 0. The van der Waals surface area contributed by atoms with E-state index in [1.807, 2.05) is 12.1 Å². The van der Waals surface area contributed by atoms with E-state index in [0.717, 1.165) is 11.1 Å². The fourth-order valence-electron chi connectivity index (χ4n) is 3.03. The molecule has 0 unspecified atom stereocenters. The molecule has 0 saturated carbocycles. The van der Waals surface area contributed by atoms with E-state index in [1.54, 1.807) is 12.1 Å². The molecule has 0 amide bonds. The molecule has 1 aliphatic carbocycles. The molecule has 2 nitrogen and oxygen atoms in total. The number of benzene rings is 2. The van der Waals surface area contributed by atoms with Gasteiger partial charge in [0.05, 0.1) is 4.90 Å². The normalized spacial score (nSPS) is 16.7. The molecule has 1 aliphatic rings. The summed E-state index contributed by atoms with van der Waals surface area (Å²) in [5.41, 5.74) is 5.80. The fraction of sp³-hybridized carbons (Fsp3) is 0.238. The molecular formula is C21H22O2S. The van der Waals surface area contributed by atoms with Gasteiger partial charge < -0.3 is 0 Å². The van der Waals surface area contributed by atoms with Gasteiger partial charge in [0.1, 0.15) is 0 Å². The van der Waals surface area contributed by atoms with Gasteiger partial charge >= 0.3 is 0 Å². The lowest BCUT2D eigenvalue weighted by Crippen LogP contribution is -1.98. The van der Waals surface area contributed by atoms with Crippen LogP contribution in [-0.4, -0.2) is 14.7 Å². The number of hydrogen-bond acceptors (Lipinski definition) is 2. The fourth-order valence-corrected chi connectivity index (χ4v) is 3.66. The highest BCUT2D eigenvalue weighted by molar-refractivity contribution is 7.90. The maximum absolute atomic E-state index is 11.7. The van der Waals surface area contributed by atoms with Gasteiger partial charge in [-0.3, -0.25) is 0 Å². The molecule has 0 radical (unpaired) electrons. The molecule has 2 aromatic rings. The zero-order valence-electron chi connectivity index (χ0n) is 14.5. The molecule has 0 aromatic heterocycles. The van der Waals surface area contributed by atoms with Gasteiger partial charge in [0.25, 0.3) is 0 Å². The van der Waals surface area contributed by atoms with Crippen LogP contribution in [0, 0.1) is 12.3 Å². The van der Waals surface area contributed by atoms with Crippen molar-refractivity contribution in [1.29, 1.82) is 0 Å². The molecular weight excluding hydrogens is 316 g/mol. The number of rotatable bonds is 3. The van der Waals surface area contributed by atoms with Gasteiger partial charge in [-0.05, 0) is 41.3 Å². The van der Waals surface area contributed by atoms with Crippen LogP contribution in [0.2, 0.25) is 0 Å². The van der Waals surface area contributed by atoms with Gasteiger partial charge in [0.2, 0.25) is 0 Å². The highest BCUT2D eigenvalue weighted by Gasteiger charge is 2.25. The van der Waals surface area contributed by atoms with Gasteiger partial charge in [0, 0.05) is 11.7 Å². The zero-order valence-corrected chi connectivity index (χ0v) is 15.3. The maximum atomic E-state index is 11.7. The Morgan fingerprint density at radius 3 is 1.58 bits per heavy atom. The Hall–Kier alpha value is -2.13. The topological polar surface area (TPSA) is 34.1 Å². The molecule has 0 N–H and O–H groups in total. The van der Waals surface area contributed by atoms with E-state index in [0.29, 0.717) is 4.90 Å².